The molecule has 0 aliphatic carbocycles. The quantitative estimate of drug-likeness (QED) is 0.844. The zero-order valence-electron chi connectivity index (χ0n) is 10.4. The van der Waals surface area contributed by atoms with E-state index in [1.165, 1.54) is 6.26 Å². The van der Waals surface area contributed by atoms with Gasteiger partial charge in [0.25, 0.3) is 0 Å². The zero-order valence-corrected chi connectivity index (χ0v) is 11.2. The predicted octanol–water partition coefficient (Wildman–Crippen LogP) is 1.43. The first-order chi connectivity index (χ1) is 8.40. The van der Waals surface area contributed by atoms with E-state index in [0.717, 1.165) is 5.69 Å². The van der Waals surface area contributed by atoms with E-state index in [1.807, 2.05) is 6.07 Å². The maximum atomic E-state index is 11.1. The van der Waals surface area contributed by atoms with Crippen molar-refractivity contribution in [2.24, 2.45) is 0 Å². The van der Waals surface area contributed by atoms with Gasteiger partial charge in [-0.1, -0.05) is 0 Å². The van der Waals surface area contributed by atoms with E-state index in [-0.39, 0.29) is 18.4 Å². The van der Waals surface area contributed by atoms with Gasteiger partial charge in [0.1, 0.15) is 21.7 Å². The molecule has 0 aliphatic heterocycles. The van der Waals surface area contributed by atoms with Crippen LogP contribution >= 0.6 is 0 Å². The number of anilines is 1. The molecule has 0 bridgehead atoms. The number of benzene rings is 1. The molecular formula is C12H16N2O3S. The molecule has 0 aromatic heterocycles. The summed E-state index contributed by atoms with van der Waals surface area (Å²) in [6.07, 6.45) is 1.21. The third kappa shape index (κ3) is 5.55. The van der Waals surface area contributed by atoms with Gasteiger partial charge in [-0.05, 0) is 31.2 Å². The highest BCUT2D eigenvalue weighted by molar-refractivity contribution is 7.90. The second-order valence-electron chi connectivity index (χ2n) is 4.11. The second kappa shape index (κ2) is 6.26. The van der Waals surface area contributed by atoms with Crippen LogP contribution in [0.2, 0.25) is 0 Å². The minimum atomic E-state index is -2.99. The molecule has 0 spiro atoms. The lowest BCUT2D eigenvalue weighted by Gasteiger charge is -2.14. The van der Waals surface area contributed by atoms with Crippen molar-refractivity contribution >= 4 is 15.5 Å². The van der Waals surface area contributed by atoms with Gasteiger partial charge in [-0.25, -0.2) is 8.42 Å². The summed E-state index contributed by atoms with van der Waals surface area (Å²) >= 11 is 0. The van der Waals surface area contributed by atoms with E-state index in [2.05, 4.69) is 5.32 Å². The lowest BCUT2D eigenvalue weighted by molar-refractivity contribution is 0.368. The van der Waals surface area contributed by atoms with Gasteiger partial charge >= 0.3 is 0 Å². The van der Waals surface area contributed by atoms with E-state index >= 15 is 0 Å². The Labute approximate surface area is 107 Å². The number of hydrogen-bond acceptors (Lipinski definition) is 5. The van der Waals surface area contributed by atoms with Crippen molar-refractivity contribution in [1.29, 1.82) is 5.26 Å². The molecule has 1 unspecified atom stereocenters. The fourth-order valence-corrected chi connectivity index (χ4v) is 2.53. The van der Waals surface area contributed by atoms with Gasteiger partial charge in [-0.15, -0.1) is 0 Å². The molecule has 0 radical (unpaired) electrons. The van der Waals surface area contributed by atoms with Crippen molar-refractivity contribution < 1.29 is 13.2 Å². The fraction of sp³-hybridized carbons (Fsp3) is 0.417. The molecule has 0 aliphatic rings. The zero-order chi connectivity index (χ0) is 13.6. The summed E-state index contributed by atoms with van der Waals surface area (Å²) in [6, 6.07) is 8.75. The Morgan fingerprint density at radius 3 is 2.50 bits per heavy atom. The van der Waals surface area contributed by atoms with Crippen LogP contribution < -0.4 is 10.1 Å². The largest absolute Gasteiger partial charge is 0.479 e. The van der Waals surface area contributed by atoms with Gasteiger partial charge in [0, 0.05) is 18.0 Å². The van der Waals surface area contributed by atoms with Crippen LogP contribution in [0.25, 0.3) is 0 Å². The maximum absolute atomic E-state index is 11.1. The number of ether oxygens (including phenoxy) is 1. The maximum Gasteiger partial charge on any atom is 0.174 e. The smallest absolute Gasteiger partial charge is 0.174 e. The molecule has 1 atom stereocenters. The molecule has 1 rings (SSSR count). The van der Waals surface area contributed by atoms with Gasteiger partial charge in [0.05, 0.1) is 5.75 Å². The molecule has 1 aromatic rings. The molecule has 0 fully saturated rings. The van der Waals surface area contributed by atoms with E-state index < -0.39 is 9.84 Å². The monoisotopic (exact) mass is 268 g/mol. The van der Waals surface area contributed by atoms with Crippen molar-refractivity contribution in [2.75, 3.05) is 23.9 Å². The highest BCUT2D eigenvalue weighted by atomic mass is 32.2. The van der Waals surface area contributed by atoms with Crippen molar-refractivity contribution in [3.05, 3.63) is 24.3 Å². The minimum Gasteiger partial charge on any atom is -0.479 e. The van der Waals surface area contributed by atoms with Crippen molar-refractivity contribution in [3.63, 3.8) is 0 Å². The van der Waals surface area contributed by atoms with E-state index in [9.17, 15) is 8.42 Å². The molecule has 18 heavy (non-hydrogen) atoms. The molecule has 1 N–H and O–H groups in total. The molecule has 5 nitrogen and oxygen atoms in total. The van der Waals surface area contributed by atoms with Crippen LogP contribution in [-0.2, 0) is 9.84 Å². The van der Waals surface area contributed by atoms with Crippen LogP contribution in [-0.4, -0.2) is 33.1 Å². The average molecular weight is 268 g/mol. The Bertz CT molecular complexity index is 517. The van der Waals surface area contributed by atoms with E-state index in [1.54, 1.807) is 31.2 Å². The molecule has 0 heterocycles. The Kier molecular flexibility index (Phi) is 4.98. The van der Waals surface area contributed by atoms with Gasteiger partial charge in [-0.2, -0.15) is 5.26 Å². The van der Waals surface area contributed by atoms with Gasteiger partial charge in [0.2, 0.25) is 0 Å². The summed E-state index contributed by atoms with van der Waals surface area (Å²) in [5.74, 6) is 0.692. The third-order valence-corrected chi connectivity index (χ3v) is 3.23. The number of hydrogen-bond donors (Lipinski definition) is 1. The third-order valence-electron chi connectivity index (χ3n) is 2.12. The number of nitriles is 1. The molecule has 0 saturated heterocycles. The predicted molar refractivity (Wildman–Crippen MR) is 70.3 cm³/mol. The Hall–Kier alpha value is -1.74. The lowest BCUT2D eigenvalue weighted by atomic mass is 10.2. The standard InChI is InChI=1S/C12H16N2O3S/c1-10(9-18(2,15)16)14-11-3-5-12(6-4-11)17-8-7-13/h3-6,10,14H,8-9H2,1-2H3. The molecular weight excluding hydrogens is 252 g/mol. The number of nitrogens with zero attached hydrogens (tertiary/aromatic N) is 1. The van der Waals surface area contributed by atoms with Crippen LogP contribution in [0.4, 0.5) is 5.69 Å². The van der Waals surface area contributed by atoms with Gasteiger partial charge in [0.15, 0.2) is 6.61 Å². The summed E-state index contributed by atoms with van der Waals surface area (Å²) in [6.45, 7) is 1.82. The van der Waals surface area contributed by atoms with Crippen LogP contribution in [0.1, 0.15) is 6.92 Å². The highest BCUT2D eigenvalue weighted by Gasteiger charge is 2.09. The Morgan fingerprint density at radius 1 is 1.39 bits per heavy atom. The molecule has 6 heteroatoms. The number of rotatable bonds is 6. The second-order valence-corrected chi connectivity index (χ2v) is 6.29. The van der Waals surface area contributed by atoms with Crippen LogP contribution in [0.5, 0.6) is 5.75 Å². The first-order valence-electron chi connectivity index (χ1n) is 5.45. The van der Waals surface area contributed by atoms with Crippen LogP contribution in [0, 0.1) is 11.3 Å². The summed E-state index contributed by atoms with van der Waals surface area (Å²) < 4.78 is 27.3. The molecule has 0 saturated carbocycles. The first-order valence-corrected chi connectivity index (χ1v) is 7.51. The minimum absolute atomic E-state index is 0.0112. The number of sulfone groups is 1. The SMILES string of the molecule is CC(CS(C)(=O)=O)Nc1ccc(OCC#N)cc1. The molecule has 1 aromatic carbocycles. The summed E-state index contributed by atoms with van der Waals surface area (Å²) in [5, 5.41) is 11.4. The fourth-order valence-electron chi connectivity index (χ4n) is 1.54. The summed E-state index contributed by atoms with van der Waals surface area (Å²) in [4.78, 5) is 0. The van der Waals surface area contributed by atoms with Crippen molar-refractivity contribution in [1.82, 2.24) is 0 Å². The van der Waals surface area contributed by atoms with Gasteiger partial charge in [-0.3, -0.25) is 0 Å². The highest BCUT2D eigenvalue weighted by Crippen LogP contribution is 2.16. The van der Waals surface area contributed by atoms with Crippen LogP contribution in [0.3, 0.4) is 0 Å². The van der Waals surface area contributed by atoms with Gasteiger partial charge < -0.3 is 10.1 Å². The normalized spacial score (nSPS) is 12.5. The lowest BCUT2D eigenvalue weighted by Crippen LogP contribution is -2.24. The van der Waals surface area contributed by atoms with Crippen molar-refractivity contribution in [2.45, 2.75) is 13.0 Å². The Morgan fingerprint density at radius 2 is 2.00 bits per heavy atom. The summed E-state index contributed by atoms with van der Waals surface area (Å²) in [7, 11) is -2.99. The topological polar surface area (TPSA) is 79.2 Å². The average Bonchev–Trinajstić information content (AvgIpc) is 2.25. The first kappa shape index (κ1) is 14.3. The van der Waals surface area contributed by atoms with E-state index in [0.29, 0.717) is 5.75 Å². The molecule has 98 valence electrons. The summed E-state index contributed by atoms with van der Waals surface area (Å²) in [5.41, 5.74) is 0.815. The van der Waals surface area contributed by atoms with Crippen molar-refractivity contribution in [3.8, 4) is 11.8 Å². The van der Waals surface area contributed by atoms with E-state index in [4.69, 9.17) is 10.00 Å². The Balaban J connectivity index is 2.56. The van der Waals surface area contributed by atoms with Crippen LogP contribution in [0.15, 0.2) is 24.3 Å². The molecule has 0 amide bonds. The number of nitrogens with one attached hydrogen (secondary N) is 1.